The average molecular weight is 256 g/mol. The largest absolute Gasteiger partial charge is 0.381 e. The molecule has 1 nitrogen and oxygen atoms in total. The summed E-state index contributed by atoms with van der Waals surface area (Å²) in [5.41, 5.74) is 2.55. The molecule has 0 heterocycles. The summed E-state index contributed by atoms with van der Waals surface area (Å²) in [6.07, 6.45) is 2.28. The molecule has 0 amide bonds. The zero-order valence-corrected chi connectivity index (χ0v) is 12.0. The van der Waals surface area contributed by atoms with Crippen LogP contribution in [0, 0.1) is 0 Å². The van der Waals surface area contributed by atoms with Gasteiger partial charge in [0.15, 0.2) is 0 Å². The van der Waals surface area contributed by atoms with Crippen molar-refractivity contribution >= 4 is 0 Å². The summed E-state index contributed by atoms with van der Waals surface area (Å²) >= 11 is 0. The molecule has 0 saturated carbocycles. The van der Waals surface area contributed by atoms with Crippen molar-refractivity contribution in [2.75, 3.05) is 13.2 Å². The summed E-state index contributed by atoms with van der Waals surface area (Å²) in [4.78, 5) is 0. The Kier molecular flexibility index (Phi) is 8.41. The van der Waals surface area contributed by atoms with Crippen LogP contribution in [0.15, 0.2) is 60.7 Å². The van der Waals surface area contributed by atoms with Crippen LogP contribution in [-0.2, 0) is 4.74 Å². The van der Waals surface area contributed by atoms with Gasteiger partial charge in [-0.1, -0.05) is 74.5 Å². The topological polar surface area (TPSA) is 9.23 Å². The fourth-order valence-electron chi connectivity index (χ4n) is 1.65. The average Bonchev–Trinajstić information content (AvgIpc) is 2.50. The van der Waals surface area contributed by atoms with Gasteiger partial charge in [0.1, 0.15) is 0 Å². The highest BCUT2D eigenvalue weighted by atomic mass is 16.5. The molecule has 0 N–H and O–H groups in total. The van der Waals surface area contributed by atoms with Crippen molar-refractivity contribution in [3.8, 4) is 11.1 Å². The van der Waals surface area contributed by atoms with Crippen LogP contribution >= 0.6 is 0 Å². The monoisotopic (exact) mass is 256 g/mol. The molecule has 0 radical (unpaired) electrons. The third-order valence-corrected chi connectivity index (χ3v) is 2.58. The molecule has 2 rings (SSSR count). The molecule has 0 aromatic heterocycles. The molecule has 0 aliphatic carbocycles. The lowest BCUT2D eigenvalue weighted by Gasteiger charge is -1.98. The predicted octanol–water partition coefficient (Wildman–Crippen LogP) is 5.18. The Morgan fingerprint density at radius 1 is 0.632 bits per heavy atom. The molecule has 19 heavy (non-hydrogen) atoms. The third-order valence-electron chi connectivity index (χ3n) is 2.58. The normalized spacial score (nSPS) is 9.58. The number of hydrogen-bond acceptors (Lipinski definition) is 1. The van der Waals surface area contributed by atoms with Gasteiger partial charge in [-0.05, 0) is 24.0 Å². The predicted molar refractivity (Wildman–Crippen MR) is 83.3 cm³/mol. The van der Waals surface area contributed by atoms with E-state index in [-0.39, 0.29) is 0 Å². The van der Waals surface area contributed by atoms with E-state index in [1.807, 2.05) is 12.1 Å². The Hall–Kier alpha value is -1.60. The van der Waals surface area contributed by atoms with Gasteiger partial charge in [-0.3, -0.25) is 0 Å². The van der Waals surface area contributed by atoms with Gasteiger partial charge < -0.3 is 4.74 Å². The van der Waals surface area contributed by atoms with E-state index in [9.17, 15) is 0 Å². The second kappa shape index (κ2) is 10.3. The highest BCUT2D eigenvalue weighted by Gasteiger charge is 1.91. The highest BCUT2D eigenvalue weighted by Crippen LogP contribution is 2.17. The first-order valence-corrected chi connectivity index (χ1v) is 7.06. The van der Waals surface area contributed by atoms with Gasteiger partial charge in [-0.25, -0.2) is 0 Å². The van der Waals surface area contributed by atoms with Crippen LogP contribution in [0.3, 0.4) is 0 Å². The quantitative estimate of drug-likeness (QED) is 0.670. The zero-order chi connectivity index (χ0) is 13.8. The van der Waals surface area contributed by atoms with E-state index in [0.29, 0.717) is 0 Å². The number of ether oxygens (including phenoxy) is 1. The molecule has 0 bridgehead atoms. The molecule has 2 aromatic carbocycles. The minimum absolute atomic E-state index is 0.924. The smallest absolute Gasteiger partial charge is 0.0463 e. The Morgan fingerprint density at radius 2 is 1.00 bits per heavy atom. The maximum Gasteiger partial charge on any atom is 0.0463 e. The van der Waals surface area contributed by atoms with E-state index in [1.54, 1.807) is 0 Å². The van der Waals surface area contributed by atoms with Gasteiger partial charge in [0, 0.05) is 13.2 Å². The van der Waals surface area contributed by atoms with Crippen molar-refractivity contribution in [3.05, 3.63) is 60.7 Å². The summed E-state index contributed by atoms with van der Waals surface area (Å²) in [5.74, 6) is 0. The second-order valence-corrected chi connectivity index (χ2v) is 4.34. The van der Waals surface area contributed by atoms with E-state index in [4.69, 9.17) is 4.74 Å². The fourth-order valence-corrected chi connectivity index (χ4v) is 1.65. The minimum Gasteiger partial charge on any atom is -0.381 e. The second-order valence-electron chi connectivity index (χ2n) is 4.34. The van der Waals surface area contributed by atoms with Crippen molar-refractivity contribution in [2.24, 2.45) is 0 Å². The van der Waals surface area contributed by atoms with Crippen LogP contribution in [0.2, 0.25) is 0 Å². The van der Waals surface area contributed by atoms with Gasteiger partial charge in [-0.2, -0.15) is 0 Å². The summed E-state index contributed by atoms with van der Waals surface area (Å²) in [5, 5.41) is 0. The van der Waals surface area contributed by atoms with Gasteiger partial charge in [-0.15, -0.1) is 0 Å². The molecule has 0 aliphatic heterocycles. The van der Waals surface area contributed by atoms with E-state index >= 15 is 0 Å². The SMILES string of the molecule is CCCOCCC.c1ccc(-c2ccccc2)cc1. The van der Waals surface area contributed by atoms with Crippen molar-refractivity contribution in [1.29, 1.82) is 0 Å². The molecule has 0 spiro atoms. The van der Waals surface area contributed by atoms with Gasteiger partial charge >= 0.3 is 0 Å². The lowest BCUT2D eigenvalue weighted by molar-refractivity contribution is 0.135. The lowest BCUT2D eigenvalue weighted by Crippen LogP contribution is -1.92. The van der Waals surface area contributed by atoms with Crippen molar-refractivity contribution in [1.82, 2.24) is 0 Å². The minimum atomic E-state index is 0.924. The molecule has 0 fully saturated rings. The van der Waals surface area contributed by atoms with Gasteiger partial charge in [0.05, 0.1) is 0 Å². The maximum absolute atomic E-state index is 5.13. The summed E-state index contributed by atoms with van der Waals surface area (Å²) in [6, 6.07) is 20.8. The van der Waals surface area contributed by atoms with Crippen LogP contribution in [0.1, 0.15) is 26.7 Å². The van der Waals surface area contributed by atoms with Crippen LogP contribution in [0.4, 0.5) is 0 Å². The van der Waals surface area contributed by atoms with Crippen LogP contribution in [0.25, 0.3) is 11.1 Å². The molecular weight excluding hydrogens is 232 g/mol. The lowest BCUT2D eigenvalue weighted by atomic mass is 10.1. The van der Waals surface area contributed by atoms with Crippen molar-refractivity contribution in [3.63, 3.8) is 0 Å². The molecule has 102 valence electrons. The molecule has 2 aromatic rings. The Morgan fingerprint density at radius 3 is 1.32 bits per heavy atom. The Labute approximate surface area is 117 Å². The van der Waals surface area contributed by atoms with Crippen LogP contribution in [0.5, 0.6) is 0 Å². The molecule has 0 unspecified atom stereocenters. The molecule has 0 saturated heterocycles. The summed E-state index contributed by atoms with van der Waals surface area (Å²) < 4.78 is 5.13. The zero-order valence-electron chi connectivity index (χ0n) is 12.0. The number of benzene rings is 2. The van der Waals surface area contributed by atoms with E-state index in [0.717, 1.165) is 26.1 Å². The van der Waals surface area contributed by atoms with E-state index in [2.05, 4.69) is 62.4 Å². The number of hydrogen-bond donors (Lipinski definition) is 0. The first-order chi connectivity index (χ1) is 9.38. The Balaban J connectivity index is 0.000000224. The maximum atomic E-state index is 5.13. The number of rotatable bonds is 5. The highest BCUT2D eigenvalue weighted by molar-refractivity contribution is 5.62. The summed E-state index contributed by atoms with van der Waals surface area (Å²) in [7, 11) is 0. The van der Waals surface area contributed by atoms with Crippen LogP contribution < -0.4 is 0 Å². The molecule has 0 atom stereocenters. The molecular formula is C18H24O. The molecule has 1 heteroatoms. The first kappa shape index (κ1) is 15.5. The summed E-state index contributed by atoms with van der Waals surface area (Å²) in [6.45, 7) is 6.09. The Bertz CT molecular complexity index is 367. The van der Waals surface area contributed by atoms with Crippen molar-refractivity contribution in [2.45, 2.75) is 26.7 Å². The van der Waals surface area contributed by atoms with Crippen LogP contribution in [-0.4, -0.2) is 13.2 Å². The standard InChI is InChI=1S/C12H10.C6H14O/c1-3-7-11(8-4-1)12-9-5-2-6-10-12;1-3-5-7-6-4-2/h1-10H;3-6H2,1-2H3. The molecule has 0 aliphatic rings. The van der Waals surface area contributed by atoms with Gasteiger partial charge in [0.25, 0.3) is 0 Å². The van der Waals surface area contributed by atoms with E-state index in [1.165, 1.54) is 11.1 Å². The first-order valence-electron chi connectivity index (χ1n) is 7.06. The third kappa shape index (κ3) is 6.78. The van der Waals surface area contributed by atoms with Gasteiger partial charge in [0.2, 0.25) is 0 Å². The van der Waals surface area contributed by atoms with Crippen molar-refractivity contribution < 1.29 is 4.74 Å². The van der Waals surface area contributed by atoms with E-state index < -0.39 is 0 Å². The fraction of sp³-hybridized carbons (Fsp3) is 0.333.